The smallest absolute Gasteiger partial charge is 0.221 e. The Morgan fingerprint density at radius 1 is 1.50 bits per heavy atom. The highest BCUT2D eigenvalue weighted by atomic mass is 32.1. The minimum Gasteiger partial charge on any atom is -0.359 e. The highest BCUT2D eigenvalue weighted by Gasteiger charge is 2.08. The van der Waals surface area contributed by atoms with Crippen LogP contribution >= 0.6 is 11.3 Å². The molecule has 0 spiro atoms. The summed E-state index contributed by atoms with van der Waals surface area (Å²) in [4.78, 5) is 13.8. The van der Waals surface area contributed by atoms with E-state index >= 15 is 0 Å². The zero-order chi connectivity index (χ0) is 12.1. The first-order valence-electron chi connectivity index (χ1n) is 5.52. The molecule has 0 aromatic carbocycles. The molecule has 1 aromatic heterocycles. The Labute approximate surface area is 101 Å². The van der Waals surface area contributed by atoms with E-state index in [0.717, 1.165) is 6.54 Å². The summed E-state index contributed by atoms with van der Waals surface area (Å²) in [6, 6.07) is 2.42. The summed E-state index contributed by atoms with van der Waals surface area (Å²) in [5.41, 5.74) is 1.35. The van der Waals surface area contributed by atoms with E-state index in [0.29, 0.717) is 6.42 Å². The molecule has 4 heteroatoms. The summed E-state index contributed by atoms with van der Waals surface area (Å²) in [5.74, 6) is 0.0820. The number of aryl methyl sites for hydroxylation is 2. The summed E-state index contributed by atoms with van der Waals surface area (Å²) in [5, 5.41) is 5.99. The molecule has 1 unspecified atom stereocenters. The molecule has 1 aromatic rings. The van der Waals surface area contributed by atoms with E-state index < -0.39 is 0 Å². The standard InChI is InChI=1S/C12H20N2OS/c1-8-5-11(16-10(8)3)7-14-9(2)6-12(15)13-4/h5,9,14H,6-7H2,1-4H3,(H,13,15). The van der Waals surface area contributed by atoms with E-state index in [4.69, 9.17) is 0 Å². The molecule has 0 fully saturated rings. The van der Waals surface area contributed by atoms with E-state index in [2.05, 4.69) is 30.5 Å². The topological polar surface area (TPSA) is 41.1 Å². The van der Waals surface area contributed by atoms with Crippen LogP contribution in [-0.4, -0.2) is 19.0 Å². The molecule has 0 aliphatic heterocycles. The number of hydrogen-bond donors (Lipinski definition) is 2. The van der Waals surface area contributed by atoms with Crippen LogP contribution in [0, 0.1) is 13.8 Å². The Bertz CT molecular complexity index is 340. The number of hydrogen-bond acceptors (Lipinski definition) is 3. The molecule has 0 aliphatic carbocycles. The second-order valence-corrected chi connectivity index (χ2v) is 5.45. The van der Waals surface area contributed by atoms with Gasteiger partial charge < -0.3 is 10.6 Å². The van der Waals surface area contributed by atoms with Gasteiger partial charge in [0.2, 0.25) is 5.91 Å². The van der Waals surface area contributed by atoms with Crippen molar-refractivity contribution in [2.24, 2.45) is 0 Å². The number of rotatable bonds is 5. The van der Waals surface area contributed by atoms with E-state index in [1.807, 2.05) is 18.3 Å². The highest BCUT2D eigenvalue weighted by Crippen LogP contribution is 2.20. The third-order valence-electron chi connectivity index (χ3n) is 2.61. The second kappa shape index (κ2) is 6.01. The molecule has 1 amide bonds. The van der Waals surface area contributed by atoms with Crippen LogP contribution in [0.2, 0.25) is 0 Å². The second-order valence-electron chi connectivity index (χ2n) is 4.11. The first-order valence-corrected chi connectivity index (χ1v) is 6.34. The lowest BCUT2D eigenvalue weighted by Crippen LogP contribution is -2.31. The molecule has 0 bridgehead atoms. The number of thiophene rings is 1. The maximum absolute atomic E-state index is 11.1. The van der Waals surface area contributed by atoms with Crippen molar-refractivity contribution in [2.75, 3.05) is 7.05 Å². The summed E-state index contributed by atoms with van der Waals surface area (Å²) >= 11 is 1.82. The van der Waals surface area contributed by atoms with E-state index in [1.54, 1.807) is 7.05 Å². The Kier molecular flexibility index (Phi) is 4.96. The van der Waals surface area contributed by atoms with Crippen LogP contribution in [0.5, 0.6) is 0 Å². The van der Waals surface area contributed by atoms with Gasteiger partial charge in [0.1, 0.15) is 0 Å². The number of nitrogens with one attached hydrogen (secondary N) is 2. The monoisotopic (exact) mass is 240 g/mol. The molecule has 0 saturated carbocycles. The fourth-order valence-corrected chi connectivity index (χ4v) is 2.47. The Morgan fingerprint density at radius 3 is 2.69 bits per heavy atom. The van der Waals surface area contributed by atoms with Crippen LogP contribution in [-0.2, 0) is 11.3 Å². The largest absolute Gasteiger partial charge is 0.359 e. The van der Waals surface area contributed by atoms with Crippen molar-refractivity contribution in [3.63, 3.8) is 0 Å². The maximum atomic E-state index is 11.1. The van der Waals surface area contributed by atoms with Crippen LogP contribution < -0.4 is 10.6 Å². The lowest BCUT2D eigenvalue weighted by Gasteiger charge is -2.11. The molecule has 1 rings (SSSR count). The lowest BCUT2D eigenvalue weighted by atomic mass is 10.2. The summed E-state index contributed by atoms with van der Waals surface area (Å²) < 4.78 is 0. The van der Waals surface area contributed by atoms with Gasteiger partial charge in [-0.05, 0) is 32.4 Å². The normalized spacial score (nSPS) is 12.5. The van der Waals surface area contributed by atoms with Gasteiger partial charge in [-0.3, -0.25) is 4.79 Å². The van der Waals surface area contributed by atoms with Gasteiger partial charge in [-0.2, -0.15) is 0 Å². The molecule has 0 saturated heterocycles. The number of carbonyl (C=O) groups is 1. The maximum Gasteiger partial charge on any atom is 0.221 e. The molecule has 90 valence electrons. The molecule has 1 atom stereocenters. The SMILES string of the molecule is CNC(=O)CC(C)NCc1cc(C)c(C)s1. The van der Waals surface area contributed by atoms with Crippen LogP contribution in [0.1, 0.15) is 28.7 Å². The fraction of sp³-hybridized carbons (Fsp3) is 0.583. The van der Waals surface area contributed by atoms with Crippen molar-refractivity contribution < 1.29 is 4.79 Å². The molecule has 1 heterocycles. The zero-order valence-electron chi connectivity index (χ0n) is 10.4. The van der Waals surface area contributed by atoms with Gasteiger partial charge in [0.05, 0.1) is 0 Å². The fourth-order valence-electron chi connectivity index (χ4n) is 1.46. The molecular weight excluding hydrogens is 220 g/mol. The highest BCUT2D eigenvalue weighted by molar-refractivity contribution is 7.12. The van der Waals surface area contributed by atoms with Crippen molar-refractivity contribution >= 4 is 17.2 Å². The van der Waals surface area contributed by atoms with Crippen molar-refractivity contribution in [1.29, 1.82) is 0 Å². The van der Waals surface area contributed by atoms with E-state index in [9.17, 15) is 4.79 Å². The van der Waals surface area contributed by atoms with Crippen LogP contribution in [0.15, 0.2) is 6.07 Å². The third kappa shape index (κ3) is 3.94. The predicted octanol–water partition coefficient (Wildman–Crippen LogP) is 1.98. The summed E-state index contributed by atoms with van der Waals surface area (Å²) in [7, 11) is 1.67. The molecule has 0 radical (unpaired) electrons. The first-order chi connectivity index (χ1) is 7.52. The average molecular weight is 240 g/mol. The van der Waals surface area contributed by atoms with Crippen LogP contribution in [0.3, 0.4) is 0 Å². The minimum absolute atomic E-state index is 0.0820. The first kappa shape index (κ1) is 13.2. The Hall–Kier alpha value is -0.870. The van der Waals surface area contributed by atoms with Gasteiger partial charge in [0.25, 0.3) is 0 Å². The average Bonchev–Trinajstić information content (AvgIpc) is 2.55. The van der Waals surface area contributed by atoms with Gasteiger partial charge in [-0.25, -0.2) is 0 Å². The van der Waals surface area contributed by atoms with E-state index in [1.165, 1.54) is 15.3 Å². The van der Waals surface area contributed by atoms with Crippen molar-refractivity contribution in [3.05, 3.63) is 21.4 Å². The van der Waals surface area contributed by atoms with Gasteiger partial charge in [-0.15, -0.1) is 11.3 Å². The van der Waals surface area contributed by atoms with E-state index in [-0.39, 0.29) is 11.9 Å². The van der Waals surface area contributed by atoms with Gasteiger partial charge in [-0.1, -0.05) is 0 Å². The van der Waals surface area contributed by atoms with Gasteiger partial charge in [0.15, 0.2) is 0 Å². The Balaban J connectivity index is 2.36. The molecule has 0 aliphatic rings. The van der Waals surface area contributed by atoms with Crippen LogP contribution in [0.4, 0.5) is 0 Å². The minimum atomic E-state index is 0.0820. The van der Waals surface area contributed by atoms with Gasteiger partial charge >= 0.3 is 0 Å². The zero-order valence-corrected chi connectivity index (χ0v) is 11.2. The number of amides is 1. The molecule has 3 nitrogen and oxygen atoms in total. The lowest BCUT2D eigenvalue weighted by molar-refractivity contribution is -0.121. The summed E-state index contributed by atoms with van der Waals surface area (Å²) in [6.07, 6.45) is 0.528. The van der Waals surface area contributed by atoms with Crippen LogP contribution in [0.25, 0.3) is 0 Å². The summed E-state index contributed by atoms with van der Waals surface area (Å²) in [6.45, 7) is 7.14. The third-order valence-corrected chi connectivity index (χ3v) is 3.76. The molecular formula is C12H20N2OS. The quantitative estimate of drug-likeness (QED) is 0.826. The van der Waals surface area contributed by atoms with Gasteiger partial charge in [0, 0.05) is 35.8 Å². The molecule has 16 heavy (non-hydrogen) atoms. The Morgan fingerprint density at radius 2 is 2.19 bits per heavy atom. The van der Waals surface area contributed by atoms with Crippen molar-refractivity contribution in [1.82, 2.24) is 10.6 Å². The number of carbonyl (C=O) groups excluding carboxylic acids is 1. The predicted molar refractivity (Wildman–Crippen MR) is 68.8 cm³/mol. The van der Waals surface area contributed by atoms with Crippen molar-refractivity contribution in [2.45, 2.75) is 39.8 Å². The van der Waals surface area contributed by atoms with Crippen molar-refractivity contribution in [3.8, 4) is 0 Å². The molecule has 2 N–H and O–H groups in total.